The van der Waals surface area contributed by atoms with E-state index in [1.165, 1.54) is 12.8 Å². The highest BCUT2D eigenvalue weighted by atomic mass is 16.2. The van der Waals surface area contributed by atoms with Gasteiger partial charge in [0.05, 0.1) is 12.2 Å². The van der Waals surface area contributed by atoms with E-state index in [0.717, 1.165) is 24.9 Å². The molecule has 25 heavy (non-hydrogen) atoms. The van der Waals surface area contributed by atoms with Gasteiger partial charge in [0.25, 0.3) is 0 Å². The van der Waals surface area contributed by atoms with E-state index in [1.807, 2.05) is 11.1 Å². The molecule has 1 aliphatic carbocycles. The van der Waals surface area contributed by atoms with Crippen LogP contribution in [-0.2, 0) is 16.0 Å². The Morgan fingerprint density at radius 3 is 2.84 bits per heavy atom. The second-order valence-electron chi connectivity index (χ2n) is 7.85. The van der Waals surface area contributed by atoms with Gasteiger partial charge in [-0.3, -0.25) is 14.7 Å². The van der Waals surface area contributed by atoms with E-state index in [1.54, 1.807) is 6.20 Å². The predicted molar refractivity (Wildman–Crippen MR) is 95.8 cm³/mol. The summed E-state index contributed by atoms with van der Waals surface area (Å²) in [6.07, 6.45) is 8.84. The first-order chi connectivity index (χ1) is 12.0. The number of H-pyrrole nitrogens is 1. The van der Waals surface area contributed by atoms with Crippen LogP contribution in [0.5, 0.6) is 0 Å². The fraction of sp³-hybridized carbons (Fsp3) is 0.737. The van der Waals surface area contributed by atoms with Gasteiger partial charge < -0.3 is 9.80 Å². The molecule has 2 fully saturated rings. The van der Waals surface area contributed by atoms with Gasteiger partial charge in [-0.1, -0.05) is 13.8 Å². The first kappa shape index (κ1) is 18.0. The lowest BCUT2D eigenvalue weighted by atomic mass is 10.0. The van der Waals surface area contributed by atoms with Crippen LogP contribution in [0.2, 0.25) is 0 Å². The molecule has 0 aromatic carbocycles. The molecule has 1 N–H and O–H groups in total. The van der Waals surface area contributed by atoms with Crippen molar-refractivity contribution in [1.82, 2.24) is 20.0 Å². The maximum Gasteiger partial charge on any atom is 0.224 e. The van der Waals surface area contributed by atoms with Crippen LogP contribution < -0.4 is 0 Å². The standard InChI is InChI=1S/C19H30N4O2/c1-14(2)17-13-22(9-8-19(25)23(17)12-15-6-7-15)18(24)5-3-4-16-10-20-21-11-16/h10-11,14-15,17H,3-9,12-13H2,1-2H3,(H,20,21)/t17-/m0/s1. The van der Waals surface area contributed by atoms with Crippen molar-refractivity contribution in [3.63, 3.8) is 0 Å². The number of nitrogens with one attached hydrogen (secondary N) is 1. The number of nitrogens with zero attached hydrogens (tertiary/aromatic N) is 3. The number of aryl methyl sites for hydroxylation is 1. The average molecular weight is 346 g/mol. The lowest BCUT2D eigenvalue weighted by Crippen LogP contribution is -2.48. The maximum absolute atomic E-state index is 12.7. The fourth-order valence-electron chi connectivity index (χ4n) is 3.60. The van der Waals surface area contributed by atoms with Gasteiger partial charge in [0, 0.05) is 38.7 Å². The molecule has 1 saturated carbocycles. The molecule has 138 valence electrons. The van der Waals surface area contributed by atoms with Crippen LogP contribution in [0.4, 0.5) is 0 Å². The number of rotatable bonds is 7. The molecule has 1 aromatic heterocycles. The first-order valence-corrected chi connectivity index (χ1v) is 9.59. The molecule has 1 aromatic rings. The molecule has 3 rings (SSSR count). The molecule has 2 heterocycles. The van der Waals surface area contributed by atoms with Gasteiger partial charge in [0.15, 0.2) is 0 Å². The third kappa shape index (κ3) is 4.83. The van der Waals surface area contributed by atoms with E-state index in [0.29, 0.717) is 37.8 Å². The molecule has 6 heteroatoms. The van der Waals surface area contributed by atoms with Crippen LogP contribution >= 0.6 is 0 Å². The molecule has 0 bridgehead atoms. The summed E-state index contributed by atoms with van der Waals surface area (Å²) in [4.78, 5) is 29.3. The second kappa shape index (κ2) is 8.02. The van der Waals surface area contributed by atoms with Crippen LogP contribution in [0.25, 0.3) is 0 Å². The highest BCUT2D eigenvalue weighted by Gasteiger charge is 2.36. The Bertz CT molecular complexity index is 580. The summed E-state index contributed by atoms with van der Waals surface area (Å²) in [5.74, 6) is 1.44. The lowest BCUT2D eigenvalue weighted by molar-refractivity contribution is -0.134. The van der Waals surface area contributed by atoms with Crippen molar-refractivity contribution < 1.29 is 9.59 Å². The van der Waals surface area contributed by atoms with Crippen LogP contribution in [0.15, 0.2) is 12.4 Å². The van der Waals surface area contributed by atoms with Gasteiger partial charge in [0.2, 0.25) is 11.8 Å². The first-order valence-electron chi connectivity index (χ1n) is 9.59. The number of hydrogen-bond donors (Lipinski definition) is 1. The number of hydrogen-bond acceptors (Lipinski definition) is 3. The molecule has 1 aliphatic heterocycles. The zero-order valence-corrected chi connectivity index (χ0v) is 15.4. The Morgan fingerprint density at radius 1 is 1.40 bits per heavy atom. The molecular weight excluding hydrogens is 316 g/mol. The second-order valence-corrected chi connectivity index (χ2v) is 7.85. The average Bonchev–Trinajstić information content (AvgIpc) is 3.29. The third-order valence-electron chi connectivity index (χ3n) is 5.41. The molecule has 2 aliphatic rings. The summed E-state index contributed by atoms with van der Waals surface area (Å²) in [5, 5.41) is 6.73. The molecule has 6 nitrogen and oxygen atoms in total. The Balaban J connectivity index is 1.57. The minimum Gasteiger partial charge on any atom is -0.340 e. The van der Waals surface area contributed by atoms with Gasteiger partial charge >= 0.3 is 0 Å². The van der Waals surface area contributed by atoms with Gasteiger partial charge in [-0.2, -0.15) is 5.10 Å². The highest BCUT2D eigenvalue weighted by Crippen LogP contribution is 2.32. The summed E-state index contributed by atoms with van der Waals surface area (Å²) < 4.78 is 0. The van der Waals surface area contributed by atoms with Crippen LogP contribution in [0.1, 0.15) is 51.5 Å². The normalized spacial score (nSPS) is 21.7. The van der Waals surface area contributed by atoms with Crippen molar-refractivity contribution in [2.24, 2.45) is 11.8 Å². The molecule has 0 radical (unpaired) electrons. The number of carbonyl (C=O) groups is 2. The maximum atomic E-state index is 12.7. The Hall–Kier alpha value is -1.85. The van der Waals surface area contributed by atoms with Crippen molar-refractivity contribution >= 4 is 11.8 Å². The van der Waals surface area contributed by atoms with Crippen molar-refractivity contribution in [1.29, 1.82) is 0 Å². The van der Waals surface area contributed by atoms with E-state index in [-0.39, 0.29) is 17.9 Å². The van der Waals surface area contributed by atoms with Crippen molar-refractivity contribution in [2.45, 2.75) is 58.4 Å². The van der Waals surface area contributed by atoms with Crippen molar-refractivity contribution in [3.05, 3.63) is 18.0 Å². The van der Waals surface area contributed by atoms with E-state index < -0.39 is 0 Å². The summed E-state index contributed by atoms with van der Waals surface area (Å²) in [5.41, 5.74) is 1.13. The van der Waals surface area contributed by atoms with E-state index in [9.17, 15) is 9.59 Å². The van der Waals surface area contributed by atoms with E-state index >= 15 is 0 Å². The third-order valence-corrected chi connectivity index (χ3v) is 5.41. The summed E-state index contributed by atoms with van der Waals surface area (Å²) in [7, 11) is 0. The number of aromatic amines is 1. The largest absolute Gasteiger partial charge is 0.340 e. The van der Waals surface area contributed by atoms with Gasteiger partial charge in [-0.15, -0.1) is 0 Å². The lowest BCUT2D eigenvalue weighted by Gasteiger charge is -2.34. The molecule has 2 amide bonds. The smallest absolute Gasteiger partial charge is 0.224 e. The Morgan fingerprint density at radius 2 is 2.20 bits per heavy atom. The van der Waals surface area contributed by atoms with E-state index in [4.69, 9.17) is 0 Å². The quantitative estimate of drug-likeness (QED) is 0.823. The SMILES string of the molecule is CC(C)[C@@H]1CN(C(=O)CCCc2cn[nH]c2)CCC(=O)N1CC1CC1. The van der Waals surface area contributed by atoms with Gasteiger partial charge in [-0.05, 0) is 43.1 Å². The topological polar surface area (TPSA) is 69.3 Å². The summed E-state index contributed by atoms with van der Waals surface area (Å²) >= 11 is 0. The molecule has 1 atom stereocenters. The summed E-state index contributed by atoms with van der Waals surface area (Å²) in [6.45, 7) is 6.44. The molecular formula is C19H30N4O2. The number of carbonyl (C=O) groups excluding carboxylic acids is 2. The van der Waals surface area contributed by atoms with Crippen molar-refractivity contribution in [2.75, 3.05) is 19.6 Å². The highest BCUT2D eigenvalue weighted by molar-refractivity contribution is 5.80. The number of amides is 2. The fourth-order valence-corrected chi connectivity index (χ4v) is 3.60. The Kier molecular flexibility index (Phi) is 5.76. The van der Waals surface area contributed by atoms with Gasteiger partial charge in [0.1, 0.15) is 0 Å². The van der Waals surface area contributed by atoms with Crippen LogP contribution in [0, 0.1) is 11.8 Å². The predicted octanol–water partition coefficient (Wildman–Crippen LogP) is 2.23. The minimum absolute atomic E-state index is 0.147. The van der Waals surface area contributed by atoms with Crippen molar-refractivity contribution in [3.8, 4) is 0 Å². The minimum atomic E-state index is 0.147. The van der Waals surface area contributed by atoms with Crippen LogP contribution in [0.3, 0.4) is 0 Å². The van der Waals surface area contributed by atoms with Crippen LogP contribution in [-0.4, -0.2) is 57.5 Å². The number of aromatic nitrogens is 2. The Labute approximate surface area is 149 Å². The monoisotopic (exact) mass is 346 g/mol. The van der Waals surface area contributed by atoms with Gasteiger partial charge in [-0.25, -0.2) is 0 Å². The summed E-state index contributed by atoms with van der Waals surface area (Å²) in [6, 6.07) is 0.147. The molecule has 1 saturated heterocycles. The van der Waals surface area contributed by atoms with E-state index in [2.05, 4.69) is 28.9 Å². The zero-order chi connectivity index (χ0) is 17.8. The molecule has 0 unspecified atom stereocenters. The molecule has 0 spiro atoms. The zero-order valence-electron chi connectivity index (χ0n) is 15.4.